The van der Waals surface area contributed by atoms with Gasteiger partial charge in [-0.05, 0) is 39.3 Å². The van der Waals surface area contributed by atoms with E-state index in [1.807, 2.05) is 13.8 Å². The quantitative estimate of drug-likeness (QED) is 0.842. The summed E-state index contributed by atoms with van der Waals surface area (Å²) in [5.41, 5.74) is 0.940. The van der Waals surface area contributed by atoms with E-state index in [0.717, 1.165) is 12.8 Å². The summed E-state index contributed by atoms with van der Waals surface area (Å²) in [5.74, 6) is 0.0304. The maximum Gasteiger partial charge on any atom is 0.252 e. The third kappa shape index (κ3) is 3.48. The first kappa shape index (κ1) is 13.6. The molecular formula is C14H21NO2. The van der Waals surface area contributed by atoms with Gasteiger partial charge in [0, 0.05) is 16.7 Å². The number of benzene rings is 1. The molecule has 1 rings (SSSR count). The topological polar surface area (TPSA) is 49.3 Å². The molecule has 0 aliphatic heterocycles. The second-order valence-electron chi connectivity index (χ2n) is 5.04. The largest absolute Gasteiger partial charge is 0.508 e. The van der Waals surface area contributed by atoms with Crippen LogP contribution in [0.5, 0.6) is 5.75 Å². The lowest BCUT2D eigenvalue weighted by Crippen LogP contribution is -2.43. The van der Waals surface area contributed by atoms with E-state index in [0.29, 0.717) is 11.1 Å². The summed E-state index contributed by atoms with van der Waals surface area (Å²) in [4.78, 5) is 12.1. The van der Waals surface area contributed by atoms with Gasteiger partial charge in [0.25, 0.3) is 5.91 Å². The first-order chi connectivity index (χ1) is 7.87. The Morgan fingerprint density at radius 1 is 1.41 bits per heavy atom. The zero-order chi connectivity index (χ0) is 13.1. The number of rotatable bonds is 4. The second-order valence-corrected chi connectivity index (χ2v) is 5.04. The number of amides is 1. The number of carbonyl (C=O) groups is 1. The van der Waals surface area contributed by atoms with Crippen LogP contribution >= 0.6 is 0 Å². The van der Waals surface area contributed by atoms with Gasteiger partial charge in [0.15, 0.2) is 0 Å². The normalized spacial score (nSPS) is 11.3. The summed E-state index contributed by atoms with van der Waals surface area (Å²) in [6.07, 6.45) is 1.95. The van der Waals surface area contributed by atoms with Gasteiger partial charge in [-0.3, -0.25) is 4.79 Å². The number of nitrogens with one attached hydrogen (secondary N) is 1. The Hall–Kier alpha value is -1.51. The molecule has 0 bridgehead atoms. The van der Waals surface area contributed by atoms with E-state index in [2.05, 4.69) is 12.2 Å². The van der Waals surface area contributed by atoms with E-state index in [9.17, 15) is 9.90 Å². The lowest BCUT2D eigenvalue weighted by molar-refractivity contribution is 0.0908. The summed E-state index contributed by atoms with van der Waals surface area (Å²) in [6, 6.07) is 5.00. The highest BCUT2D eigenvalue weighted by Gasteiger charge is 2.21. The van der Waals surface area contributed by atoms with Gasteiger partial charge in [0.2, 0.25) is 0 Å². The van der Waals surface area contributed by atoms with Crippen LogP contribution in [0.2, 0.25) is 0 Å². The van der Waals surface area contributed by atoms with Crippen molar-refractivity contribution in [2.45, 2.75) is 46.1 Å². The molecule has 0 heterocycles. The average molecular weight is 235 g/mol. The summed E-state index contributed by atoms with van der Waals surface area (Å²) in [5, 5.41) is 12.6. The van der Waals surface area contributed by atoms with Crippen molar-refractivity contribution in [3.8, 4) is 5.75 Å². The van der Waals surface area contributed by atoms with E-state index in [-0.39, 0.29) is 17.2 Å². The second kappa shape index (κ2) is 5.21. The molecule has 0 aromatic heterocycles. The molecule has 0 unspecified atom stereocenters. The third-order valence-corrected chi connectivity index (χ3v) is 2.88. The molecule has 0 saturated carbocycles. The van der Waals surface area contributed by atoms with Crippen LogP contribution in [0.3, 0.4) is 0 Å². The Balaban J connectivity index is 2.87. The number of phenols is 1. The van der Waals surface area contributed by atoms with Gasteiger partial charge in [-0.1, -0.05) is 19.4 Å². The standard InChI is InChI=1S/C14H21NO2/c1-5-9-14(3,4)15-13(17)11-7-6-8-12(16)10(11)2/h6-8,16H,5,9H2,1-4H3,(H,15,17). The SMILES string of the molecule is CCCC(C)(C)NC(=O)c1cccc(O)c1C. The highest BCUT2D eigenvalue weighted by atomic mass is 16.3. The monoisotopic (exact) mass is 235 g/mol. The van der Waals surface area contributed by atoms with Crippen molar-refractivity contribution in [1.82, 2.24) is 5.32 Å². The maximum atomic E-state index is 12.1. The van der Waals surface area contributed by atoms with Crippen molar-refractivity contribution in [3.05, 3.63) is 29.3 Å². The lowest BCUT2D eigenvalue weighted by atomic mass is 9.97. The predicted molar refractivity (Wildman–Crippen MR) is 69.3 cm³/mol. The molecule has 17 heavy (non-hydrogen) atoms. The zero-order valence-corrected chi connectivity index (χ0v) is 11.0. The van der Waals surface area contributed by atoms with Crippen LogP contribution in [0.1, 0.15) is 49.5 Å². The van der Waals surface area contributed by atoms with Crippen LogP contribution in [-0.4, -0.2) is 16.6 Å². The smallest absolute Gasteiger partial charge is 0.252 e. The van der Waals surface area contributed by atoms with Crippen molar-refractivity contribution in [3.63, 3.8) is 0 Å². The molecule has 0 radical (unpaired) electrons. The van der Waals surface area contributed by atoms with Crippen LogP contribution < -0.4 is 5.32 Å². The number of hydrogen-bond donors (Lipinski definition) is 2. The molecule has 0 fully saturated rings. The van der Waals surface area contributed by atoms with Gasteiger partial charge in [-0.2, -0.15) is 0 Å². The molecule has 3 nitrogen and oxygen atoms in total. The van der Waals surface area contributed by atoms with Gasteiger partial charge in [0.1, 0.15) is 5.75 Å². The average Bonchev–Trinajstić information content (AvgIpc) is 2.21. The minimum atomic E-state index is -0.219. The highest BCUT2D eigenvalue weighted by Crippen LogP contribution is 2.20. The number of phenolic OH excluding ortho intramolecular Hbond substituents is 1. The van der Waals surface area contributed by atoms with E-state index in [4.69, 9.17) is 0 Å². The van der Waals surface area contributed by atoms with E-state index in [1.54, 1.807) is 25.1 Å². The fourth-order valence-electron chi connectivity index (χ4n) is 1.93. The molecule has 0 atom stereocenters. The first-order valence-electron chi connectivity index (χ1n) is 5.98. The Bertz CT molecular complexity index is 411. The summed E-state index contributed by atoms with van der Waals surface area (Å²) < 4.78 is 0. The number of aromatic hydroxyl groups is 1. The van der Waals surface area contributed by atoms with E-state index >= 15 is 0 Å². The molecule has 2 N–H and O–H groups in total. The molecule has 1 aromatic carbocycles. The van der Waals surface area contributed by atoms with Crippen molar-refractivity contribution < 1.29 is 9.90 Å². The van der Waals surface area contributed by atoms with Crippen molar-refractivity contribution >= 4 is 5.91 Å². The Morgan fingerprint density at radius 3 is 2.65 bits per heavy atom. The maximum absolute atomic E-state index is 12.1. The Kier molecular flexibility index (Phi) is 4.16. The molecule has 1 amide bonds. The number of carbonyl (C=O) groups excluding carboxylic acids is 1. The van der Waals surface area contributed by atoms with E-state index in [1.165, 1.54) is 0 Å². The van der Waals surface area contributed by atoms with Crippen molar-refractivity contribution in [2.75, 3.05) is 0 Å². The lowest BCUT2D eigenvalue weighted by Gasteiger charge is -2.26. The molecule has 1 aromatic rings. The minimum absolute atomic E-state index is 0.128. The van der Waals surface area contributed by atoms with Gasteiger partial charge in [-0.25, -0.2) is 0 Å². The first-order valence-corrected chi connectivity index (χ1v) is 5.98. The van der Waals surface area contributed by atoms with Gasteiger partial charge < -0.3 is 10.4 Å². The molecule has 0 spiro atoms. The predicted octanol–water partition coefficient (Wildman–Crippen LogP) is 3.01. The summed E-state index contributed by atoms with van der Waals surface area (Å²) in [7, 11) is 0. The van der Waals surface area contributed by atoms with Crippen LogP contribution in [0.4, 0.5) is 0 Å². The Labute approximate surface area is 103 Å². The fourth-order valence-corrected chi connectivity index (χ4v) is 1.93. The number of hydrogen-bond acceptors (Lipinski definition) is 2. The van der Waals surface area contributed by atoms with Crippen molar-refractivity contribution in [1.29, 1.82) is 0 Å². The minimum Gasteiger partial charge on any atom is -0.508 e. The molecular weight excluding hydrogens is 214 g/mol. The van der Waals surface area contributed by atoms with Gasteiger partial charge in [0.05, 0.1) is 0 Å². The molecule has 0 aliphatic rings. The summed E-state index contributed by atoms with van der Waals surface area (Å²) in [6.45, 7) is 7.85. The molecule has 0 aliphatic carbocycles. The van der Waals surface area contributed by atoms with E-state index < -0.39 is 0 Å². The highest BCUT2D eigenvalue weighted by molar-refractivity contribution is 5.96. The fraction of sp³-hybridized carbons (Fsp3) is 0.500. The zero-order valence-electron chi connectivity index (χ0n) is 11.0. The van der Waals surface area contributed by atoms with Gasteiger partial charge in [-0.15, -0.1) is 0 Å². The molecule has 0 saturated heterocycles. The van der Waals surface area contributed by atoms with Crippen LogP contribution in [0.25, 0.3) is 0 Å². The van der Waals surface area contributed by atoms with Crippen LogP contribution in [0.15, 0.2) is 18.2 Å². The summed E-state index contributed by atoms with van der Waals surface area (Å²) >= 11 is 0. The van der Waals surface area contributed by atoms with Gasteiger partial charge >= 0.3 is 0 Å². The van der Waals surface area contributed by atoms with Crippen molar-refractivity contribution in [2.24, 2.45) is 0 Å². The molecule has 3 heteroatoms. The molecule has 94 valence electrons. The van der Waals surface area contributed by atoms with Crippen LogP contribution in [0, 0.1) is 6.92 Å². The van der Waals surface area contributed by atoms with Crippen LogP contribution in [-0.2, 0) is 0 Å². The third-order valence-electron chi connectivity index (χ3n) is 2.88. The Morgan fingerprint density at radius 2 is 2.06 bits per heavy atom.